The molecule has 0 fully saturated rings. The van der Waals surface area contributed by atoms with E-state index in [1.54, 1.807) is 0 Å². The summed E-state index contributed by atoms with van der Waals surface area (Å²) in [6.07, 6.45) is 1.18. The first-order valence-corrected chi connectivity index (χ1v) is 5.80. The lowest BCUT2D eigenvalue weighted by atomic mass is 10.1. The zero-order valence-electron chi connectivity index (χ0n) is 10.4. The molecule has 2 heteroatoms. The van der Waals surface area contributed by atoms with E-state index in [1.165, 1.54) is 17.6 Å². The van der Waals surface area contributed by atoms with Crippen molar-refractivity contribution >= 4 is 5.57 Å². The second-order valence-electron chi connectivity index (χ2n) is 4.16. The van der Waals surface area contributed by atoms with Crippen LogP contribution in [-0.2, 0) is 0 Å². The van der Waals surface area contributed by atoms with Crippen LogP contribution >= 0.6 is 0 Å². The molecule has 0 aliphatic heterocycles. The lowest BCUT2D eigenvalue weighted by Gasteiger charge is -2.18. The van der Waals surface area contributed by atoms with Gasteiger partial charge in [-0.05, 0) is 44.7 Å². The number of hydrogen-bond donors (Lipinski definition) is 1. The predicted octanol–water partition coefficient (Wildman–Crippen LogP) is 2.24. The summed E-state index contributed by atoms with van der Waals surface area (Å²) in [6, 6.07) is 10.4. The molecule has 0 saturated heterocycles. The number of likely N-dealkylation sites (N-methyl/N-ethyl adjacent to an activating group) is 1. The van der Waals surface area contributed by atoms with E-state index in [0.717, 1.165) is 19.6 Å². The molecule has 1 rings (SSSR count). The highest BCUT2D eigenvalue weighted by Gasteiger charge is 2.02. The molecule has 1 N–H and O–H groups in total. The first-order chi connectivity index (χ1) is 7.74. The molecular formula is C14H22N2. The minimum Gasteiger partial charge on any atom is -0.320 e. The van der Waals surface area contributed by atoms with Crippen molar-refractivity contribution in [3.05, 3.63) is 42.5 Å². The molecule has 0 saturated carbocycles. The van der Waals surface area contributed by atoms with Crippen LogP contribution in [0.3, 0.4) is 0 Å². The van der Waals surface area contributed by atoms with Gasteiger partial charge >= 0.3 is 0 Å². The van der Waals surface area contributed by atoms with Gasteiger partial charge in [0.1, 0.15) is 0 Å². The van der Waals surface area contributed by atoms with Crippen LogP contribution in [0.2, 0.25) is 0 Å². The maximum Gasteiger partial charge on any atom is 0.0230 e. The van der Waals surface area contributed by atoms with E-state index in [1.807, 2.05) is 13.1 Å². The first-order valence-electron chi connectivity index (χ1n) is 5.80. The van der Waals surface area contributed by atoms with Gasteiger partial charge in [-0.2, -0.15) is 0 Å². The van der Waals surface area contributed by atoms with Crippen molar-refractivity contribution in [3.8, 4) is 0 Å². The van der Waals surface area contributed by atoms with Crippen molar-refractivity contribution in [1.29, 1.82) is 0 Å². The fourth-order valence-corrected chi connectivity index (χ4v) is 1.70. The fourth-order valence-electron chi connectivity index (χ4n) is 1.70. The van der Waals surface area contributed by atoms with E-state index >= 15 is 0 Å². The smallest absolute Gasteiger partial charge is 0.0230 e. The maximum absolute atomic E-state index is 4.14. The summed E-state index contributed by atoms with van der Waals surface area (Å²) in [5.41, 5.74) is 2.43. The van der Waals surface area contributed by atoms with Crippen LogP contribution in [0.1, 0.15) is 12.0 Å². The Kier molecular flexibility index (Phi) is 5.83. The molecule has 2 nitrogen and oxygen atoms in total. The largest absolute Gasteiger partial charge is 0.320 e. The predicted molar refractivity (Wildman–Crippen MR) is 71.5 cm³/mol. The molecular weight excluding hydrogens is 196 g/mol. The van der Waals surface area contributed by atoms with Gasteiger partial charge in [0.25, 0.3) is 0 Å². The van der Waals surface area contributed by atoms with Gasteiger partial charge in [0.2, 0.25) is 0 Å². The quantitative estimate of drug-likeness (QED) is 0.706. The van der Waals surface area contributed by atoms with Crippen molar-refractivity contribution in [2.45, 2.75) is 6.42 Å². The lowest BCUT2D eigenvalue weighted by Crippen LogP contribution is -2.24. The van der Waals surface area contributed by atoms with Crippen LogP contribution in [0.4, 0.5) is 0 Å². The van der Waals surface area contributed by atoms with E-state index in [2.05, 4.69) is 48.1 Å². The monoisotopic (exact) mass is 218 g/mol. The second kappa shape index (κ2) is 7.20. The SMILES string of the molecule is C=C(CN(C)CCCNC)c1ccccc1. The molecule has 1 aromatic carbocycles. The molecule has 0 aliphatic rings. The van der Waals surface area contributed by atoms with Gasteiger partial charge in [0, 0.05) is 6.54 Å². The molecule has 0 radical (unpaired) electrons. The number of rotatable bonds is 7. The van der Waals surface area contributed by atoms with E-state index in [4.69, 9.17) is 0 Å². The third-order valence-corrected chi connectivity index (χ3v) is 2.61. The minimum absolute atomic E-state index is 0.938. The number of nitrogens with one attached hydrogen (secondary N) is 1. The number of nitrogens with zero attached hydrogens (tertiary/aromatic N) is 1. The molecule has 0 spiro atoms. The number of benzene rings is 1. The van der Waals surface area contributed by atoms with E-state index in [0.29, 0.717) is 0 Å². The summed E-state index contributed by atoms with van der Waals surface area (Å²) in [7, 11) is 4.13. The summed E-state index contributed by atoms with van der Waals surface area (Å²) >= 11 is 0. The zero-order chi connectivity index (χ0) is 11.8. The molecule has 0 aliphatic carbocycles. The Labute approximate surface area is 99.0 Å². The average Bonchev–Trinajstić information content (AvgIpc) is 2.30. The molecule has 0 atom stereocenters. The van der Waals surface area contributed by atoms with Crippen LogP contribution in [0.15, 0.2) is 36.9 Å². The van der Waals surface area contributed by atoms with Crippen LogP contribution in [0, 0.1) is 0 Å². The molecule has 16 heavy (non-hydrogen) atoms. The van der Waals surface area contributed by atoms with Crippen molar-refractivity contribution < 1.29 is 0 Å². The lowest BCUT2D eigenvalue weighted by molar-refractivity contribution is 0.367. The van der Waals surface area contributed by atoms with Gasteiger partial charge in [0.15, 0.2) is 0 Å². The topological polar surface area (TPSA) is 15.3 Å². The van der Waals surface area contributed by atoms with Gasteiger partial charge in [-0.3, -0.25) is 0 Å². The molecule has 0 aromatic heterocycles. The highest BCUT2D eigenvalue weighted by atomic mass is 15.1. The molecule has 1 aromatic rings. The molecule has 0 unspecified atom stereocenters. The Morgan fingerprint density at radius 1 is 1.31 bits per heavy atom. The van der Waals surface area contributed by atoms with Crippen LogP contribution in [0.5, 0.6) is 0 Å². The molecule has 0 heterocycles. The summed E-state index contributed by atoms with van der Waals surface area (Å²) in [6.45, 7) is 7.25. The summed E-state index contributed by atoms with van der Waals surface area (Å²) in [4.78, 5) is 2.31. The van der Waals surface area contributed by atoms with Crippen LogP contribution < -0.4 is 5.32 Å². The van der Waals surface area contributed by atoms with E-state index < -0.39 is 0 Å². The average molecular weight is 218 g/mol. The number of hydrogen-bond acceptors (Lipinski definition) is 2. The van der Waals surface area contributed by atoms with Crippen LogP contribution in [0.25, 0.3) is 5.57 Å². The molecule has 0 amide bonds. The van der Waals surface area contributed by atoms with E-state index in [-0.39, 0.29) is 0 Å². The second-order valence-corrected chi connectivity index (χ2v) is 4.16. The third kappa shape index (κ3) is 4.60. The van der Waals surface area contributed by atoms with Crippen molar-refractivity contribution in [2.24, 2.45) is 0 Å². The first kappa shape index (κ1) is 12.9. The van der Waals surface area contributed by atoms with Gasteiger partial charge in [-0.1, -0.05) is 36.9 Å². The highest BCUT2D eigenvalue weighted by molar-refractivity contribution is 5.64. The van der Waals surface area contributed by atoms with Gasteiger partial charge in [-0.15, -0.1) is 0 Å². The normalized spacial score (nSPS) is 10.7. The standard InChI is InChI=1S/C14H22N2/c1-13(14-8-5-4-6-9-14)12-16(3)11-7-10-15-2/h4-6,8-9,15H,1,7,10-12H2,2-3H3. The fraction of sp³-hybridized carbons (Fsp3) is 0.429. The van der Waals surface area contributed by atoms with Crippen molar-refractivity contribution in [3.63, 3.8) is 0 Å². The highest BCUT2D eigenvalue weighted by Crippen LogP contribution is 2.12. The maximum atomic E-state index is 4.14. The summed E-state index contributed by atoms with van der Waals surface area (Å²) < 4.78 is 0. The summed E-state index contributed by atoms with van der Waals surface area (Å²) in [5.74, 6) is 0. The molecule has 88 valence electrons. The van der Waals surface area contributed by atoms with Crippen LogP contribution in [-0.4, -0.2) is 38.6 Å². The van der Waals surface area contributed by atoms with Crippen molar-refractivity contribution in [1.82, 2.24) is 10.2 Å². The van der Waals surface area contributed by atoms with Gasteiger partial charge in [0.05, 0.1) is 0 Å². The van der Waals surface area contributed by atoms with Gasteiger partial charge < -0.3 is 10.2 Å². The third-order valence-electron chi connectivity index (χ3n) is 2.61. The minimum atomic E-state index is 0.938. The zero-order valence-corrected chi connectivity index (χ0v) is 10.4. The Morgan fingerprint density at radius 3 is 2.62 bits per heavy atom. The Hall–Kier alpha value is -1.12. The van der Waals surface area contributed by atoms with E-state index in [9.17, 15) is 0 Å². The molecule has 0 bridgehead atoms. The Morgan fingerprint density at radius 2 is 2.00 bits per heavy atom. The Balaban J connectivity index is 2.34. The van der Waals surface area contributed by atoms with Gasteiger partial charge in [-0.25, -0.2) is 0 Å². The van der Waals surface area contributed by atoms with Crippen molar-refractivity contribution in [2.75, 3.05) is 33.7 Å². The Bertz CT molecular complexity index is 306. The summed E-state index contributed by atoms with van der Waals surface area (Å²) in [5, 5.41) is 3.16.